The lowest BCUT2D eigenvalue weighted by Crippen LogP contribution is -2.29. The summed E-state index contributed by atoms with van der Waals surface area (Å²) in [7, 11) is 1.46. The smallest absolute Gasteiger partial charge is 0.312 e. The molecule has 0 aliphatic rings. The number of thiophene rings is 1. The van der Waals surface area contributed by atoms with E-state index in [1.165, 1.54) is 23.3 Å². The van der Waals surface area contributed by atoms with Crippen molar-refractivity contribution in [3.8, 4) is 0 Å². The van der Waals surface area contributed by atoms with Crippen LogP contribution in [0.1, 0.15) is 12.2 Å². The Morgan fingerprint density at radius 3 is 2.95 bits per heavy atom. The predicted molar refractivity (Wildman–Crippen MR) is 69.0 cm³/mol. The first kappa shape index (κ1) is 13.2. The van der Waals surface area contributed by atoms with Gasteiger partial charge in [-0.2, -0.15) is 0 Å². The number of aliphatic carboxylic acids is 1. The number of amides is 1. The highest BCUT2D eigenvalue weighted by atomic mass is 32.1. The standard InChI is InChI=1S/C11H11N3O4S/c1-14(8(15)4-9(16)17)5-7-12-6-2-3-19-10(6)11(18)13-7/h2-3H,4-5H2,1H3,(H,16,17)(H,12,13,18). The van der Waals surface area contributed by atoms with Gasteiger partial charge in [-0.15, -0.1) is 11.3 Å². The van der Waals surface area contributed by atoms with Crippen molar-refractivity contribution in [1.82, 2.24) is 14.9 Å². The van der Waals surface area contributed by atoms with E-state index in [0.29, 0.717) is 16.0 Å². The molecule has 2 heterocycles. The number of hydrogen-bond acceptors (Lipinski definition) is 5. The number of carboxylic acids is 1. The molecule has 0 radical (unpaired) electrons. The molecule has 100 valence electrons. The van der Waals surface area contributed by atoms with Crippen molar-refractivity contribution in [3.63, 3.8) is 0 Å². The molecular formula is C11H11N3O4S. The number of hydrogen-bond donors (Lipinski definition) is 2. The van der Waals surface area contributed by atoms with Crippen LogP contribution in [0.25, 0.3) is 10.2 Å². The van der Waals surface area contributed by atoms with Crippen LogP contribution in [0.15, 0.2) is 16.2 Å². The van der Waals surface area contributed by atoms with E-state index in [1.807, 2.05) is 0 Å². The summed E-state index contributed by atoms with van der Waals surface area (Å²) in [6.07, 6.45) is -0.582. The second-order valence-corrected chi connectivity index (χ2v) is 4.88. The third-order valence-corrected chi connectivity index (χ3v) is 3.38. The van der Waals surface area contributed by atoms with Gasteiger partial charge in [-0.25, -0.2) is 4.98 Å². The lowest BCUT2D eigenvalue weighted by molar-refractivity contribution is -0.143. The van der Waals surface area contributed by atoms with Crippen LogP contribution >= 0.6 is 11.3 Å². The number of carbonyl (C=O) groups excluding carboxylic acids is 1. The van der Waals surface area contributed by atoms with E-state index in [2.05, 4.69) is 9.97 Å². The molecule has 0 unspecified atom stereocenters. The Kier molecular flexibility index (Phi) is 3.61. The summed E-state index contributed by atoms with van der Waals surface area (Å²) in [5, 5.41) is 10.3. The number of fused-ring (bicyclic) bond motifs is 1. The van der Waals surface area contributed by atoms with Gasteiger partial charge in [0, 0.05) is 7.05 Å². The van der Waals surface area contributed by atoms with E-state index in [4.69, 9.17) is 5.11 Å². The van der Waals surface area contributed by atoms with Crippen molar-refractivity contribution < 1.29 is 14.7 Å². The molecule has 19 heavy (non-hydrogen) atoms. The van der Waals surface area contributed by atoms with Crippen LogP contribution in [-0.4, -0.2) is 38.9 Å². The van der Waals surface area contributed by atoms with E-state index >= 15 is 0 Å². The molecule has 2 aromatic heterocycles. The number of nitrogens with one attached hydrogen (secondary N) is 1. The molecule has 0 saturated heterocycles. The highest BCUT2D eigenvalue weighted by Gasteiger charge is 2.15. The quantitative estimate of drug-likeness (QED) is 0.790. The SMILES string of the molecule is CN(Cc1nc2ccsc2c(=O)[nH]1)C(=O)CC(=O)O. The van der Waals surface area contributed by atoms with Crippen LogP contribution in [0, 0.1) is 0 Å². The van der Waals surface area contributed by atoms with Gasteiger partial charge in [0.2, 0.25) is 5.91 Å². The zero-order valence-electron chi connectivity index (χ0n) is 10.0. The van der Waals surface area contributed by atoms with E-state index in [1.54, 1.807) is 11.4 Å². The first-order valence-corrected chi connectivity index (χ1v) is 6.27. The van der Waals surface area contributed by atoms with Crippen LogP contribution in [0.5, 0.6) is 0 Å². The molecule has 1 amide bonds. The second-order valence-electron chi connectivity index (χ2n) is 3.97. The normalized spacial score (nSPS) is 10.6. The second kappa shape index (κ2) is 5.19. The maximum absolute atomic E-state index is 11.7. The number of rotatable bonds is 4. The van der Waals surface area contributed by atoms with Crippen molar-refractivity contribution >= 4 is 33.4 Å². The number of nitrogens with zero attached hydrogens (tertiary/aromatic N) is 2. The summed E-state index contributed by atoms with van der Waals surface area (Å²) in [4.78, 5) is 41.6. The molecule has 0 fully saturated rings. The average molecular weight is 281 g/mol. The lowest BCUT2D eigenvalue weighted by atomic mass is 10.3. The number of aromatic amines is 1. The summed E-state index contributed by atoms with van der Waals surface area (Å²) >= 11 is 1.29. The van der Waals surface area contributed by atoms with Gasteiger partial charge in [0.25, 0.3) is 5.56 Å². The average Bonchev–Trinajstić information content (AvgIpc) is 2.76. The molecule has 7 nitrogen and oxygen atoms in total. The van der Waals surface area contributed by atoms with Gasteiger partial charge < -0.3 is 15.0 Å². The van der Waals surface area contributed by atoms with E-state index in [9.17, 15) is 14.4 Å². The molecular weight excluding hydrogens is 270 g/mol. The van der Waals surface area contributed by atoms with Crippen LogP contribution in [0.4, 0.5) is 0 Å². The van der Waals surface area contributed by atoms with E-state index < -0.39 is 18.3 Å². The van der Waals surface area contributed by atoms with Crippen LogP contribution < -0.4 is 5.56 Å². The largest absolute Gasteiger partial charge is 0.481 e. The van der Waals surface area contributed by atoms with Gasteiger partial charge in [0.1, 0.15) is 16.9 Å². The lowest BCUT2D eigenvalue weighted by Gasteiger charge is -2.15. The minimum Gasteiger partial charge on any atom is -0.481 e. The molecule has 2 rings (SSSR count). The molecule has 8 heteroatoms. The molecule has 0 aliphatic carbocycles. The highest BCUT2D eigenvalue weighted by molar-refractivity contribution is 7.17. The monoisotopic (exact) mass is 281 g/mol. The third kappa shape index (κ3) is 2.97. The Balaban J connectivity index is 2.19. The zero-order valence-corrected chi connectivity index (χ0v) is 10.9. The van der Waals surface area contributed by atoms with Crippen molar-refractivity contribution in [3.05, 3.63) is 27.6 Å². The number of carbonyl (C=O) groups is 2. The fourth-order valence-electron chi connectivity index (χ4n) is 1.57. The van der Waals surface area contributed by atoms with Crippen molar-refractivity contribution in [2.24, 2.45) is 0 Å². The number of carboxylic acid groups (broad SMARTS) is 1. The number of aromatic nitrogens is 2. The van der Waals surface area contributed by atoms with E-state index in [0.717, 1.165) is 0 Å². The first-order valence-electron chi connectivity index (χ1n) is 5.39. The summed E-state index contributed by atoms with van der Waals surface area (Å²) in [5.41, 5.74) is 0.317. The van der Waals surface area contributed by atoms with Gasteiger partial charge in [-0.05, 0) is 11.4 Å². The van der Waals surface area contributed by atoms with Gasteiger partial charge in [0.05, 0.1) is 12.1 Å². The molecule has 2 aromatic rings. The highest BCUT2D eigenvalue weighted by Crippen LogP contribution is 2.14. The van der Waals surface area contributed by atoms with Gasteiger partial charge in [-0.1, -0.05) is 0 Å². The van der Waals surface area contributed by atoms with Crippen LogP contribution in [0.2, 0.25) is 0 Å². The zero-order chi connectivity index (χ0) is 14.0. The van der Waals surface area contributed by atoms with Crippen molar-refractivity contribution in [2.75, 3.05) is 7.05 Å². The summed E-state index contributed by atoms with van der Waals surface area (Å²) in [6, 6.07) is 1.72. The Morgan fingerprint density at radius 2 is 2.26 bits per heavy atom. The van der Waals surface area contributed by atoms with E-state index in [-0.39, 0.29) is 12.1 Å². The minimum atomic E-state index is -1.19. The molecule has 0 aliphatic heterocycles. The maximum Gasteiger partial charge on any atom is 0.312 e. The maximum atomic E-state index is 11.7. The van der Waals surface area contributed by atoms with Gasteiger partial charge in [-0.3, -0.25) is 14.4 Å². The number of H-pyrrole nitrogens is 1. The fraction of sp³-hybridized carbons (Fsp3) is 0.273. The Morgan fingerprint density at radius 1 is 1.53 bits per heavy atom. The van der Waals surface area contributed by atoms with Crippen molar-refractivity contribution in [1.29, 1.82) is 0 Å². The van der Waals surface area contributed by atoms with Crippen molar-refractivity contribution in [2.45, 2.75) is 13.0 Å². The van der Waals surface area contributed by atoms with Crippen LogP contribution in [0.3, 0.4) is 0 Å². The third-order valence-electron chi connectivity index (χ3n) is 2.48. The molecule has 0 saturated carbocycles. The molecule has 0 spiro atoms. The Hall–Kier alpha value is -2.22. The molecule has 2 N–H and O–H groups in total. The minimum absolute atomic E-state index is 0.0626. The first-order chi connectivity index (χ1) is 8.97. The Bertz CT molecular complexity index is 691. The summed E-state index contributed by atoms with van der Waals surface area (Å²) < 4.78 is 0.531. The Labute approximate surface area is 111 Å². The molecule has 0 atom stereocenters. The van der Waals surface area contributed by atoms with Crippen LogP contribution in [-0.2, 0) is 16.1 Å². The predicted octanol–water partition coefficient (Wildman–Crippen LogP) is 0.418. The van der Waals surface area contributed by atoms with Gasteiger partial charge >= 0.3 is 5.97 Å². The fourth-order valence-corrected chi connectivity index (χ4v) is 2.30. The topological polar surface area (TPSA) is 103 Å². The van der Waals surface area contributed by atoms with Gasteiger partial charge in [0.15, 0.2) is 0 Å². The summed E-state index contributed by atoms with van der Waals surface area (Å²) in [5.74, 6) is -1.40. The molecule has 0 bridgehead atoms. The molecule has 0 aromatic carbocycles. The summed E-state index contributed by atoms with van der Waals surface area (Å²) in [6.45, 7) is 0.0626.